The Morgan fingerprint density at radius 2 is 1.58 bits per heavy atom. The van der Waals surface area contributed by atoms with Crippen molar-refractivity contribution in [3.05, 3.63) is 95.5 Å². The minimum absolute atomic E-state index is 0.182. The molecule has 0 unspecified atom stereocenters. The summed E-state index contributed by atoms with van der Waals surface area (Å²) < 4.78 is 5.05. The molecule has 0 aliphatic heterocycles. The fraction of sp³-hybridized carbons (Fsp3) is 0. The van der Waals surface area contributed by atoms with Gasteiger partial charge in [0.25, 0.3) is 17.7 Å². The predicted octanol–water partition coefficient (Wildman–Crippen LogP) is 4.49. The number of carbonyl (C=O) groups is 3. The number of hydrogen-bond donors (Lipinski definition) is 3. The van der Waals surface area contributed by atoms with Crippen LogP contribution in [0.5, 0.6) is 0 Å². The molecule has 0 radical (unpaired) electrons. The Labute approximate surface area is 180 Å². The fourth-order valence-corrected chi connectivity index (χ4v) is 3.47. The Morgan fingerprint density at radius 1 is 0.774 bits per heavy atom. The SMILES string of the molecule is O=C(Nc1ccncc1)c1cccc(NC(=O)c2ccc(NC(=O)c3ccco3)s2)c1. The first-order valence-electron chi connectivity index (χ1n) is 9.16. The Morgan fingerprint density at radius 3 is 2.35 bits per heavy atom. The van der Waals surface area contributed by atoms with Gasteiger partial charge in [-0.25, -0.2) is 0 Å². The number of nitrogens with zero attached hydrogens (tertiary/aromatic N) is 1. The highest BCUT2D eigenvalue weighted by atomic mass is 32.1. The lowest BCUT2D eigenvalue weighted by Gasteiger charge is -2.08. The first kappa shape index (κ1) is 20.0. The Balaban J connectivity index is 1.40. The number of benzene rings is 1. The topological polar surface area (TPSA) is 113 Å². The highest BCUT2D eigenvalue weighted by Crippen LogP contribution is 2.24. The van der Waals surface area contributed by atoms with Gasteiger partial charge in [-0.05, 0) is 54.6 Å². The van der Waals surface area contributed by atoms with E-state index in [9.17, 15) is 14.4 Å². The van der Waals surface area contributed by atoms with Gasteiger partial charge in [-0.15, -0.1) is 11.3 Å². The van der Waals surface area contributed by atoms with E-state index in [4.69, 9.17) is 4.42 Å². The Kier molecular flexibility index (Phi) is 5.86. The van der Waals surface area contributed by atoms with Crippen molar-refractivity contribution in [2.24, 2.45) is 0 Å². The molecule has 0 aliphatic rings. The molecule has 4 aromatic rings. The molecule has 0 spiro atoms. The zero-order valence-electron chi connectivity index (χ0n) is 16.0. The average Bonchev–Trinajstić information content (AvgIpc) is 3.47. The lowest BCUT2D eigenvalue weighted by atomic mass is 10.2. The molecule has 31 heavy (non-hydrogen) atoms. The van der Waals surface area contributed by atoms with Gasteiger partial charge in [0.15, 0.2) is 5.76 Å². The van der Waals surface area contributed by atoms with Gasteiger partial charge in [0.1, 0.15) is 0 Å². The highest BCUT2D eigenvalue weighted by molar-refractivity contribution is 7.18. The number of aromatic nitrogens is 1. The molecule has 0 bridgehead atoms. The maximum atomic E-state index is 12.6. The third-order valence-corrected chi connectivity index (χ3v) is 5.13. The molecular formula is C22H16N4O4S. The number of rotatable bonds is 6. The van der Waals surface area contributed by atoms with E-state index in [0.29, 0.717) is 26.8 Å². The number of nitrogens with one attached hydrogen (secondary N) is 3. The van der Waals surface area contributed by atoms with E-state index in [1.807, 2.05) is 0 Å². The standard InChI is InChI=1S/C22H16N4O4S/c27-20(24-15-8-10-23-11-9-15)14-3-1-4-16(13-14)25-22(29)18-6-7-19(31-18)26-21(28)17-5-2-12-30-17/h1-13H,(H,25,29)(H,26,28)(H,23,24,27). The van der Waals surface area contributed by atoms with Gasteiger partial charge in [0, 0.05) is 29.3 Å². The number of thiophene rings is 1. The summed E-state index contributed by atoms with van der Waals surface area (Å²) in [4.78, 5) is 41.4. The van der Waals surface area contributed by atoms with Crippen LogP contribution in [-0.2, 0) is 0 Å². The monoisotopic (exact) mass is 432 g/mol. The van der Waals surface area contributed by atoms with E-state index in [2.05, 4.69) is 20.9 Å². The number of carbonyl (C=O) groups excluding carboxylic acids is 3. The number of hydrogen-bond acceptors (Lipinski definition) is 6. The summed E-state index contributed by atoms with van der Waals surface area (Å²) in [5.74, 6) is -0.871. The molecule has 0 aliphatic carbocycles. The second-order valence-electron chi connectivity index (χ2n) is 6.32. The van der Waals surface area contributed by atoms with Gasteiger partial charge < -0.3 is 20.4 Å². The smallest absolute Gasteiger partial charge is 0.291 e. The van der Waals surface area contributed by atoms with Crippen LogP contribution in [0.1, 0.15) is 30.6 Å². The van der Waals surface area contributed by atoms with Gasteiger partial charge in [-0.3, -0.25) is 19.4 Å². The molecule has 0 saturated carbocycles. The fourth-order valence-electron chi connectivity index (χ4n) is 2.68. The van der Waals surface area contributed by atoms with E-state index in [0.717, 1.165) is 11.3 Å². The molecule has 3 aromatic heterocycles. The van der Waals surface area contributed by atoms with E-state index < -0.39 is 5.91 Å². The van der Waals surface area contributed by atoms with E-state index in [1.165, 1.54) is 6.26 Å². The van der Waals surface area contributed by atoms with Crippen LogP contribution < -0.4 is 16.0 Å². The van der Waals surface area contributed by atoms with Crippen molar-refractivity contribution in [3.8, 4) is 0 Å². The normalized spacial score (nSPS) is 10.3. The minimum Gasteiger partial charge on any atom is -0.459 e. The number of amides is 3. The molecule has 3 N–H and O–H groups in total. The quantitative estimate of drug-likeness (QED) is 0.415. The summed E-state index contributed by atoms with van der Waals surface area (Å²) in [7, 11) is 0. The average molecular weight is 432 g/mol. The molecule has 154 valence electrons. The second kappa shape index (κ2) is 9.06. The van der Waals surface area contributed by atoms with Crippen molar-refractivity contribution >= 4 is 45.4 Å². The van der Waals surface area contributed by atoms with E-state index in [1.54, 1.807) is 73.1 Å². The summed E-state index contributed by atoms with van der Waals surface area (Å²) in [6.07, 6.45) is 4.57. The minimum atomic E-state index is -0.397. The van der Waals surface area contributed by atoms with Crippen molar-refractivity contribution in [1.29, 1.82) is 0 Å². The maximum absolute atomic E-state index is 12.6. The molecule has 3 heterocycles. The first-order valence-corrected chi connectivity index (χ1v) is 9.97. The van der Waals surface area contributed by atoms with Gasteiger partial charge in [0.2, 0.25) is 0 Å². The van der Waals surface area contributed by atoms with Crippen molar-refractivity contribution in [2.75, 3.05) is 16.0 Å². The van der Waals surface area contributed by atoms with Crippen LogP contribution in [0.3, 0.4) is 0 Å². The van der Waals surface area contributed by atoms with Crippen LogP contribution in [0, 0.1) is 0 Å². The van der Waals surface area contributed by atoms with Crippen molar-refractivity contribution in [3.63, 3.8) is 0 Å². The summed E-state index contributed by atoms with van der Waals surface area (Å²) >= 11 is 1.13. The van der Waals surface area contributed by atoms with Crippen molar-refractivity contribution < 1.29 is 18.8 Å². The van der Waals surface area contributed by atoms with Gasteiger partial charge in [-0.1, -0.05) is 6.07 Å². The summed E-state index contributed by atoms with van der Waals surface area (Å²) in [5.41, 5.74) is 1.49. The molecule has 3 amide bonds. The number of pyridine rings is 1. The molecule has 0 fully saturated rings. The van der Waals surface area contributed by atoms with Gasteiger partial charge in [0.05, 0.1) is 16.1 Å². The summed E-state index contributed by atoms with van der Waals surface area (Å²) in [5, 5.41) is 8.72. The Hall–Kier alpha value is -4.24. The van der Waals surface area contributed by atoms with Crippen LogP contribution in [0.2, 0.25) is 0 Å². The van der Waals surface area contributed by atoms with Gasteiger partial charge >= 0.3 is 0 Å². The molecule has 4 rings (SSSR count). The number of anilines is 3. The zero-order valence-corrected chi connectivity index (χ0v) is 16.8. The molecule has 1 aromatic carbocycles. The Bertz CT molecular complexity index is 1220. The van der Waals surface area contributed by atoms with Crippen molar-refractivity contribution in [1.82, 2.24) is 4.98 Å². The molecular weight excluding hydrogens is 416 g/mol. The second-order valence-corrected chi connectivity index (χ2v) is 7.40. The highest BCUT2D eigenvalue weighted by Gasteiger charge is 2.14. The molecule has 9 heteroatoms. The summed E-state index contributed by atoms with van der Waals surface area (Å²) in [6, 6.07) is 16.4. The lowest BCUT2D eigenvalue weighted by Crippen LogP contribution is -2.14. The van der Waals surface area contributed by atoms with Crippen LogP contribution in [0.25, 0.3) is 0 Å². The van der Waals surface area contributed by atoms with Crippen LogP contribution in [0.15, 0.2) is 83.7 Å². The predicted molar refractivity (Wildman–Crippen MR) is 118 cm³/mol. The van der Waals surface area contributed by atoms with Crippen LogP contribution in [-0.4, -0.2) is 22.7 Å². The summed E-state index contributed by atoms with van der Waals surface area (Å²) in [6.45, 7) is 0. The molecule has 0 atom stereocenters. The maximum Gasteiger partial charge on any atom is 0.291 e. The molecule has 8 nitrogen and oxygen atoms in total. The largest absolute Gasteiger partial charge is 0.459 e. The number of furan rings is 1. The first-order chi connectivity index (χ1) is 15.1. The van der Waals surface area contributed by atoms with Gasteiger partial charge in [-0.2, -0.15) is 0 Å². The van der Waals surface area contributed by atoms with E-state index >= 15 is 0 Å². The van der Waals surface area contributed by atoms with Crippen LogP contribution >= 0.6 is 11.3 Å². The third-order valence-electron chi connectivity index (χ3n) is 4.13. The van der Waals surface area contributed by atoms with E-state index in [-0.39, 0.29) is 17.6 Å². The van der Waals surface area contributed by atoms with Crippen LogP contribution in [0.4, 0.5) is 16.4 Å². The zero-order chi connectivity index (χ0) is 21.6. The van der Waals surface area contributed by atoms with Crippen molar-refractivity contribution in [2.45, 2.75) is 0 Å². The lowest BCUT2D eigenvalue weighted by molar-refractivity contribution is 0.0994. The third kappa shape index (κ3) is 5.03. The molecule has 0 saturated heterocycles.